The van der Waals surface area contributed by atoms with Gasteiger partial charge in [-0.05, 0) is 119 Å². The molecule has 0 heterocycles. The molecular formula is C33H43Cl2N3O4S. The van der Waals surface area contributed by atoms with E-state index in [1.165, 1.54) is 49.0 Å². The second-order valence-electron chi connectivity index (χ2n) is 14.2. The van der Waals surface area contributed by atoms with Crippen LogP contribution >= 0.6 is 23.2 Å². The number of hydrogen-bond acceptors (Lipinski definition) is 4. The number of anilines is 1. The van der Waals surface area contributed by atoms with Crippen molar-refractivity contribution in [1.29, 1.82) is 0 Å². The quantitative estimate of drug-likeness (QED) is 0.334. The van der Waals surface area contributed by atoms with E-state index in [1.807, 2.05) is 32.9 Å². The largest absolute Gasteiger partial charge is 0.350 e. The maximum Gasteiger partial charge on any atom is 0.244 e. The molecule has 2 aromatic carbocycles. The molecule has 4 aliphatic carbocycles. The normalized spacial score (nSPS) is 25.3. The lowest BCUT2D eigenvalue weighted by atomic mass is 9.48. The molecule has 4 bridgehead atoms. The number of sulfonamides is 1. The average molecular weight is 649 g/mol. The Morgan fingerprint density at radius 1 is 0.953 bits per heavy atom. The third-order valence-electron chi connectivity index (χ3n) is 9.54. The van der Waals surface area contributed by atoms with E-state index in [0.29, 0.717) is 21.3 Å². The highest BCUT2D eigenvalue weighted by Gasteiger charge is 2.51. The number of amides is 2. The van der Waals surface area contributed by atoms with Crippen molar-refractivity contribution < 1.29 is 18.0 Å². The lowest BCUT2D eigenvalue weighted by Gasteiger charge is -2.57. The molecule has 0 spiro atoms. The summed E-state index contributed by atoms with van der Waals surface area (Å²) in [5, 5.41) is 3.63. The summed E-state index contributed by atoms with van der Waals surface area (Å²) >= 11 is 12.9. The van der Waals surface area contributed by atoms with E-state index >= 15 is 0 Å². The molecule has 6 rings (SSSR count). The van der Waals surface area contributed by atoms with Crippen LogP contribution in [-0.4, -0.2) is 49.5 Å². The zero-order valence-electron chi connectivity index (χ0n) is 25.7. The molecule has 4 aliphatic rings. The second kappa shape index (κ2) is 11.9. The number of nitrogens with zero attached hydrogens (tertiary/aromatic N) is 2. The molecule has 2 amide bonds. The number of nitrogens with one attached hydrogen (secondary N) is 1. The van der Waals surface area contributed by atoms with Gasteiger partial charge in [0.25, 0.3) is 0 Å². The Morgan fingerprint density at radius 3 is 1.93 bits per heavy atom. The van der Waals surface area contributed by atoms with Crippen LogP contribution in [0.2, 0.25) is 10.0 Å². The van der Waals surface area contributed by atoms with Crippen LogP contribution in [0.25, 0.3) is 0 Å². The summed E-state index contributed by atoms with van der Waals surface area (Å²) in [5.41, 5.74) is 1.84. The molecule has 4 fully saturated rings. The SMILES string of the molecule is C[C@@H](C(=O)NC(C)(C)C)N(Cc1c(Cl)cccc1Cl)C(=O)CN(c1ccc(C23CC4CC(CC(C4)C2)C3)cc1)S(C)(=O)=O. The van der Waals surface area contributed by atoms with Gasteiger partial charge in [0, 0.05) is 27.7 Å². The van der Waals surface area contributed by atoms with E-state index < -0.39 is 34.1 Å². The van der Waals surface area contributed by atoms with Crippen LogP contribution in [0, 0.1) is 17.8 Å². The summed E-state index contributed by atoms with van der Waals surface area (Å²) in [4.78, 5) is 28.5. The molecule has 0 aromatic heterocycles. The standard InChI is InChI=1S/C33H43Cl2N3O4S/c1-21(31(40)36-32(2,3)4)37(19-27-28(34)7-6-8-29(27)35)30(39)20-38(43(5,41)42)26-11-9-25(10-12-26)33-16-22-13-23(17-33)15-24(14-22)18-33/h6-12,21-24H,13-20H2,1-5H3,(H,36,40)/t21-,22?,23?,24?,33?/m0/s1. The number of benzene rings is 2. The molecular weight excluding hydrogens is 605 g/mol. The third kappa shape index (κ3) is 7.02. The predicted octanol–water partition coefficient (Wildman–Crippen LogP) is 6.56. The highest BCUT2D eigenvalue weighted by Crippen LogP contribution is 2.60. The minimum Gasteiger partial charge on any atom is -0.350 e. The van der Waals surface area contributed by atoms with Crippen LogP contribution in [0.15, 0.2) is 42.5 Å². The molecule has 0 radical (unpaired) electrons. The number of halogens is 2. The van der Waals surface area contributed by atoms with Crippen molar-refractivity contribution in [3.05, 3.63) is 63.6 Å². The van der Waals surface area contributed by atoms with Gasteiger partial charge >= 0.3 is 0 Å². The van der Waals surface area contributed by atoms with Crippen LogP contribution < -0.4 is 9.62 Å². The van der Waals surface area contributed by atoms with Gasteiger partial charge in [0.1, 0.15) is 12.6 Å². The molecule has 0 saturated heterocycles. The molecule has 7 nitrogen and oxygen atoms in total. The highest BCUT2D eigenvalue weighted by molar-refractivity contribution is 7.92. The summed E-state index contributed by atoms with van der Waals surface area (Å²) in [7, 11) is -3.84. The molecule has 0 aliphatic heterocycles. The Hall–Kier alpha value is -2.29. The Morgan fingerprint density at radius 2 is 1.47 bits per heavy atom. The molecule has 43 heavy (non-hydrogen) atoms. The summed E-state index contributed by atoms with van der Waals surface area (Å²) < 4.78 is 27.3. The van der Waals surface area contributed by atoms with Crippen LogP contribution in [0.3, 0.4) is 0 Å². The summed E-state index contributed by atoms with van der Waals surface area (Å²) in [6.07, 6.45) is 8.77. The number of hydrogen-bond donors (Lipinski definition) is 1. The fourth-order valence-electron chi connectivity index (χ4n) is 7.97. The maximum atomic E-state index is 14.0. The fraction of sp³-hybridized carbons (Fsp3) is 0.576. The van der Waals surface area contributed by atoms with E-state index in [-0.39, 0.29) is 17.9 Å². The smallest absolute Gasteiger partial charge is 0.244 e. The fourth-order valence-corrected chi connectivity index (χ4v) is 9.34. The summed E-state index contributed by atoms with van der Waals surface area (Å²) in [6, 6.07) is 11.9. The predicted molar refractivity (Wildman–Crippen MR) is 173 cm³/mol. The van der Waals surface area contributed by atoms with Crippen molar-refractivity contribution in [2.45, 2.75) is 89.8 Å². The minimum absolute atomic E-state index is 0.0569. The number of rotatable bonds is 9. The first-order valence-corrected chi connectivity index (χ1v) is 17.8. The van der Waals surface area contributed by atoms with Gasteiger partial charge in [0.2, 0.25) is 21.8 Å². The van der Waals surface area contributed by atoms with E-state index in [0.717, 1.165) is 28.3 Å². The van der Waals surface area contributed by atoms with Gasteiger partial charge in [-0.2, -0.15) is 0 Å². The first-order chi connectivity index (χ1) is 20.0. The minimum atomic E-state index is -3.84. The molecule has 1 atom stereocenters. The Labute approximate surface area is 266 Å². The zero-order chi connectivity index (χ0) is 31.3. The van der Waals surface area contributed by atoms with Gasteiger partial charge in [-0.25, -0.2) is 8.42 Å². The summed E-state index contributed by atoms with van der Waals surface area (Å²) in [5.74, 6) is 1.49. The van der Waals surface area contributed by atoms with E-state index in [9.17, 15) is 18.0 Å². The van der Waals surface area contributed by atoms with Crippen LogP contribution in [-0.2, 0) is 31.6 Å². The first kappa shape index (κ1) is 32.1. The monoisotopic (exact) mass is 647 g/mol. The third-order valence-corrected chi connectivity index (χ3v) is 11.4. The molecule has 10 heteroatoms. The van der Waals surface area contributed by atoms with Crippen molar-refractivity contribution >= 4 is 50.7 Å². The topological polar surface area (TPSA) is 86.8 Å². The molecule has 234 valence electrons. The van der Waals surface area contributed by atoms with Crippen molar-refractivity contribution in [3.63, 3.8) is 0 Å². The van der Waals surface area contributed by atoms with Crippen molar-refractivity contribution in [1.82, 2.24) is 10.2 Å². The van der Waals surface area contributed by atoms with Gasteiger partial charge < -0.3 is 10.2 Å². The van der Waals surface area contributed by atoms with Crippen LogP contribution in [0.1, 0.15) is 77.3 Å². The Bertz CT molecular complexity index is 1430. The zero-order valence-corrected chi connectivity index (χ0v) is 28.0. The van der Waals surface area contributed by atoms with Gasteiger partial charge in [-0.1, -0.05) is 41.4 Å². The van der Waals surface area contributed by atoms with Crippen LogP contribution in [0.5, 0.6) is 0 Å². The molecule has 2 aromatic rings. The van der Waals surface area contributed by atoms with Gasteiger partial charge in [0.15, 0.2) is 0 Å². The average Bonchev–Trinajstić information content (AvgIpc) is 2.89. The van der Waals surface area contributed by atoms with Gasteiger partial charge in [0.05, 0.1) is 11.9 Å². The Balaban J connectivity index is 1.41. The van der Waals surface area contributed by atoms with E-state index in [2.05, 4.69) is 17.4 Å². The van der Waals surface area contributed by atoms with E-state index in [4.69, 9.17) is 23.2 Å². The second-order valence-corrected chi connectivity index (χ2v) is 16.9. The van der Waals surface area contributed by atoms with Crippen molar-refractivity contribution in [2.75, 3.05) is 17.1 Å². The highest BCUT2D eigenvalue weighted by atomic mass is 35.5. The van der Waals surface area contributed by atoms with E-state index in [1.54, 1.807) is 25.1 Å². The lowest BCUT2D eigenvalue weighted by Crippen LogP contribution is -2.54. The Kier molecular flexibility index (Phi) is 8.89. The molecule has 1 N–H and O–H groups in total. The summed E-state index contributed by atoms with van der Waals surface area (Å²) in [6.45, 7) is 6.66. The lowest BCUT2D eigenvalue weighted by molar-refractivity contribution is -0.140. The van der Waals surface area contributed by atoms with Crippen molar-refractivity contribution in [2.24, 2.45) is 17.8 Å². The molecule has 4 saturated carbocycles. The van der Waals surface area contributed by atoms with Gasteiger partial charge in [-0.3, -0.25) is 13.9 Å². The maximum absolute atomic E-state index is 14.0. The van der Waals surface area contributed by atoms with Crippen LogP contribution in [0.4, 0.5) is 5.69 Å². The first-order valence-electron chi connectivity index (χ1n) is 15.2. The number of carbonyl (C=O) groups is 2. The van der Waals surface area contributed by atoms with Crippen molar-refractivity contribution in [3.8, 4) is 0 Å². The van der Waals surface area contributed by atoms with Gasteiger partial charge in [-0.15, -0.1) is 0 Å². The number of carbonyl (C=O) groups excluding carboxylic acids is 2. The molecule has 0 unspecified atom stereocenters.